The Morgan fingerprint density at radius 1 is 1.02 bits per heavy atom. The second-order valence-electron chi connectivity index (χ2n) is 11.2. The van der Waals surface area contributed by atoms with Crippen molar-refractivity contribution >= 4 is 35.6 Å². The summed E-state index contributed by atoms with van der Waals surface area (Å²) in [5.41, 5.74) is 17.2. The summed E-state index contributed by atoms with van der Waals surface area (Å²) in [6.45, 7) is 9.92. The molecule has 0 saturated carbocycles. The Balaban J connectivity index is 1.77. The lowest BCUT2D eigenvalue weighted by Crippen LogP contribution is -2.44. The summed E-state index contributed by atoms with van der Waals surface area (Å²) in [5.74, 6) is -0.290. The number of rotatable bonds is 9. The van der Waals surface area contributed by atoms with Crippen molar-refractivity contribution < 1.29 is 22.5 Å². The van der Waals surface area contributed by atoms with E-state index < -0.39 is 30.1 Å². The van der Waals surface area contributed by atoms with Crippen LogP contribution in [0.25, 0.3) is 11.1 Å². The molecule has 0 amide bonds. The largest absolute Gasteiger partial charge is 0.465 e. The Kier molecular flexibility index (Phi) is 8.43. The zero-order valence-corrected chi connectivity index (χ0v) is 26.0. The third kappa shape index (κ3) is 6.07. The first kappa shape index (κ1) is 30.0. The van der Waals surface area contributed by atoms with E-state index in [9.17, 15) is 13.2 Å². The molecule has 0 saturated heterocycles. The molecule has 216 valence electrons. The van der Waals surface area contributed by atoms with E-state index in [4.69, 9.17) is 20.7 Å². The van der Waals surface area contributed by atoms with Crippen molar-refractivity contribution in [1.29, 1.82) is 0 Å². The van der Waals surface area contributed by atoms with Gasteiger partial charge in [-0.15, -0.1) is 0 Å². The van der Waals surface area contributed by atoms with Crippen LogP contribution in [0.3, 0.4) is 0 Å². The van der Waals surface area contributed by atoms with E-state index >= 15 is 0 Å². The fourth-order valence-electron chi connectivity index (χ4n) is 4.64. The molecular weight excluding hydrogens is 557 g/mol. The highest BCUT2D eigenvalue weighted by atomic mass is 32.2. The molecule has 0 bridgehead atoms. The molecular formula is C30H36N4O5SSi. The van der Waals surface area contributed by atoms with Crippen LogP contribution in [0.1, 0.15) is 38.8 Å². The van der Waals surface area contributed by atoms with Crippen LogP contribution in [-0.2, 0) is 14.8 Å². The number of methoxy groups -OCH3 is 1. The molecule has 1 aromatic heterocycles. The number of hydrogen-bond donors (Lipinski definition) is 2. The second kappa shape index (κ2) is 11.5. The highest BCUT2D eigenvalue weighted by Crippen LogP contribution is 2.36. The summed E-state index contributed by atoms with van der Waals surface area (Å²) in [4.78, 5) is 12.5. The molecule has 9 nitrogen and oxygen atoms in total. The van der Waals surface area contributed by atoms with Crippen LogP contribution in [-0.4, -0.2) is 40.9 Å². The minimum Gasteiger partial charge on any atom is -0.465 e. The average Bonchev–Trinajstić information content (AvgIpc) is 3.27. The summed E-state index contributed by atoms with van der Waals surface area (Å²) in [5, 5.41) is 4.02. The quantitative estimate of drug-likeness (QED) is 0.148. The highest BCUT2D eigenvalue weighted by Gasteiger charge is 2.35. The van der Waals surface area contributed by atoms with E-state index in [0.29, 0.717) is 50.9 Å². The van der Waals surface area contributed by atoms with Gasteiger partial charge in [0.2, 0.25) is 5.88 Å². The molecule has 3 aromatic carbocycles. The fraction of sp³-hybridized carbons (Fsp3) is 0.267. The number of ether oxygens (including phenoxy) is 1. The first-order valence-electron chi connectivity index (χ1n) is 13.1. The molecule has 1 unspecified atom stereocenters. The zero-order valence-electron chi connectivity index (χ0n) is 24.1. The second-order valence-corrected chi connectivity index (χ2v) is 18.4. The number of sulfonamides is 1. The van der Waals surface area contributed by atoms with Gasteiger partial charge in [0.05, 0.1) is 37.4 Å². The number of esters is 1. The van der Waals surface area contributed by atoms with Gasteiger partial charge in [0, 0.05) is 28.5 Å². The zero-order chi connectivity index (χ0) is 30.1. The van der Waals surface area contributed by atoms with Crippen molar-refractivity contribution in [3.8, 4) is 11.1 Å². The topological polar surface area (TPSA) is 142 Å². The Morgan fingerprint density at radius 2 is 1.68 bits per heavy atom. The molecule has 41 heavy (non-hydrogen) atoms. The van der Waals surface area contributed by atoms with E-state index in [0.717, 1.165) is 0 Å². The normalized spacial score (nSPS) is 12.7. The molecule has 0 spiro atoms. The summed E-state index contributed by atoms with van der Waals surface area (Å²) >= 11 is 0. The molecule has 4 N–H and O–H groups in total. The van der Waals surface area contributed by atoms with Crippen molar-refractivity contribution in [1.82, 2.24) is 5.16 Å². The van der Waals surface area contributed by atoms with Crippen LogP contribution in [0.5, 0.6) is 0 Å². The number of nitrogens with two attached hydrogens (primary N) is 2. The maximum absolute atomic E-state index is 14.3. The summed E-state index contributed by atoms with van der Waals surface area (Å²) in [7, 11) is -4.65. The van der Waals surface area contributed by atoms with E-state index in [2.05, 4.69) is 24.8 Å². The van der Waals surface area contributed by atoms with E-state index in [1.807, 2.05) is 19.1 Å². The predicted octanol–water partition coefficient (Wildman–Crippen LogP) is 5.45. The van der Waals surface area contributed by atoms with Crippen molar-refractivity contribution in [2.45, 2.75) is 44.4 Å². The number of benzene rings is 3. The number of aryl methyl sites for hydroxylation is 1. The van der Waals surface area contributed by atoms with Crippen LogP contribution in [0.15, 0.2) is 76.1 Å². The van der Waals surface area contributed by atoms with E-state index in [1.54, 1.807) is 61.5 Å². The lowest BCUT2D eigenvalue weighted by molar-refractivity contribution is 0.0599. The third-order valence-electron chi connectivity index (χ3n) is 6.87. The SMILES string of the molecule is COC(=O)c1cccc(N)c1C(N)c1ccc(-c2ccccc2S(=O)(=O)N(C[Si](C)(C)C)c2onc(C)c2C)cc1. The van der Waals surface area contributed by atoms with Gasteiger partial charge in [-0.25, -0.2) is 17.5 Å². The van der Waals surface area contributed by atoms with E-state index in [1.165, 1.54) is 11.4 Å². The van der Waals surface area contributed by atoms with Gasteiger partial charge in [0.1, 0.15) is 0 Å². The molecule has 11 heteroatoms. The first-order chi connectivity index (χ1) is 19.3. The van der Waals surface area contributed by atoms with Crippen LogP contribution >= 0.6 is 0 Å². The van der Waals surface area contributed by atoms with Gasteiger partial charge < -0.3 is 20.7 Å². The molecule has 1 heterocycles. The molecule has 4 aromatic rings. The van der Waals surface area contributed by atoms with Crippen LogP contribution in [0.2, 0.25) is 19.6 Å². The number of carbonyl (C=O) groups excluding carboxylic acids is 1. The monoisotopic (exact) mass is 592 g/mol. The van der Waals surface area contributed by atoms with Gasteiger partial charge in [-0.1, -0.05) is 73.3 Å². The van der Waals surface area contributed by atoms with Gasteiger partial charge in [-0.05, 0) is 43.2 Å². The molecule has 0 radical (unpaired) electrons. The molecule has 0 aliphatic carbocycles. The summed E-state index contributed by atoms with van der Waals surface area (Å²) in [6, 6.07) is 18.4. The standard InChI is InChI=1S/C30H36N4O5SSi/c1-19-20(2)33-39-29(19)34(18-41(4,5)6)40(36,37)26-13-8-7-10-23(26)21-14-16-22(17-15-21)28(32)27-24(30(35)38-3)11-9-12-25(27)31/h7-17,28H,18,31-32H2,1-6H3. The van der Waals surface area contributed by atoms with Crippen LogP contribution < -0.4 is 15.8 Å². The average molecular weight is 593 g/mol. The fourth-order valence-corrected chi connectivity index (χ4v) is 8.82. The van der Waals surface area contributed by atoms with Crippen LogP contribution in [0.4, 0.5) is 11.6 Å². The Hall–Kier alpha value is -3.93. The van der Waals surface area contributed by atoms with Gasteiger partial charge in [0.15, 0.2) is 0 Å². The first-order valence-corrected chi connectivity index (χ1v) is 18.3. The predicted molar refractivity (Wildman–Crippen MR) is 164 cm³/mol. The Labute approximate surface area is 242 Å². The number of anilines is 2. The number of aromatic nitrogens is 1. The van der Waals surface area contributed by atoms with Gasteiger partial charge in [-0.3, -0.25) is 0 Å². The summed E-state index contributed by atoms with van der Waals surface area (Å²) < 4.78 is 40.4. The molecule has 1 atom stereocenters. The van der Waals surface area contributed by atoms with Crippen molar-refractivity contribution in [2.24, 2.45) is 5.73 Å². The Bertz CT molecular complexity index is 1680. The van der Waals surface area contributed by atoms with Gasteiger partial charge in [-0.2, -0.15) is 0 Å². The highest BCUT2D eigenvalue weighted by molar-refractivity contribution is 7.93. The van der Waals surface area contributed by atoms with Gasteiger partial charge >= 0.3 is 5.97 Å². The third-order valence-corrected chi connectivity index (χ3v) is 10.2. The number of carbonyl (C=O) groups is 1. The number of hydrogen-bond acceptors (Lipinski definition) is 8. The molecule has 4 rings (SSSR count). The smallest absolute Gasteiger partial charge is 0.338 e. The van der Waals surface area contributed by atoms with Crippen LogP contribution in [0, 0.1) is 13.8 Å². The lowest BCUT2D eigenvalue weighted by Gasteiger charge is -2.29. The molecule has 0 aliphatic rings. The van der Waals surface area contributed by atoms with Crippen molar-refractivity contribution in [3.63, 3.8) is 0 Å². The van der Waals surface area contributed by atoms with Crippen molar-refractivity contribution in [2.75, 3.05) is 23.3 Å². The minimum atomic E-state index is -4.03. The van der Waals surface area contributed by atoms with E-state index in [-0.39, 0.29) is 10.8 Å². The van der Waals surface area contributed by atoms with Crippen molar-refractivity contribution in [3.05, 3.63) is 94.7 Å². The number of nitrogen functional groups attached to an aromatic ring is 1. The maximum Gasteiger partial charge on any atom is 0.338 e. The molecule has 0 aliphatic heterocycles. The lowest BCUT2D eigenvalue weighted by atomic mass is 9.92. The summed E-state index contributed by atoms with van der Waals surface area (Å²) in [6.07, 6.45) is 0.327. The van der Waals surface area contributed by atoms with Gasteiger partial charge in [0.25, 0.3) is 10.0 Å². The molecule has 0 fully saturated rings. The number of nitrogens with zero attached hydrogens (tertiary/aromatic N) is 2. The maximum atomic E-state index is 14.3. The Morgan fingerprint density at radius 3 is 2.27 bits per heavy atom. The minimum absolute atomic E-state index is 0.157.